The molecular weight excluding hydrogens is 536 g/mol. The van der Waals surface area contributed by atoms with E-state index in [1.807, 2.05) is 40.1 Å². The van der Waals surface area contributed by atoms with Crippen molar-refractivity contribution in [1.29, 1.82) is 5.26 Å². The predicted molar refractivity (Wildman–Crippen MR) is 159 cm³/mol. The molecule has 3 heterocycles. The molecule has 1 aromatic heterocycles. The van der Waals surface area contributed by atoms with Crippen LogP contribution >= 0.6 is 0 Å². The molecule has 2 aliphatic heterocycles. The summed E-state index contributed by atoms with van der Waals surface area (Å²) in [5.41, 5.74) is 5.94. The molecule has 1 amide bonds. The Balaban J connectivity index is 1.24. The number of rotatable bonds is 6. The molecule has 41 heavy (non-hydrogen) atoms. The molecule has 2 fully saturated rings. The van der Waals surface area contributed by atoms with Gasteiger partial charge in [0.25, 0.3) is 5.91 Å². The standard InChI is InChI=1S/C31H36N6O3S/c1-22-9-10-26(31(38)37-18-16-36(17-19-37)30-29(41(33,39)40)8-5-13-34-30)23(2)27(22)20-24-11-14-35(15-12-24)28-7-4-3-6-25(28)21-32/h3-10,13,24H,11-12,14-20H2,1-2H3,(H2,33,39,40). The summed E-state index contributed by atoms with van der Waals surface area (Å²) in [5.74, 6) is 0.843. The van der Waals surface area contributed by atoms with Crippen LogP contribution in [0.1, 0.15) is 45.5 Å². The molecule has 5 rings (SSSR count). The highest BCUT2D eigenvalue weighted by atomic mass is 32.2. The van der Waals surface area contributed by atoms with Crippen molar-refractivity contribution < 1.29 is 13.2 Å². The summed E-state index contributed by atoms with van der Waals surface area (Å²) >= 11 is 0. The molecule has 10 heteroatoms. The molecule has 0 spiro atoms. The number of hydrogen-bond donors (Lipinski definition) is 1. The van der Waals surface area contributed by atoms with E-state index in [2.05, 4.69) is 35.9 Å². The minimum atomic E-state index is -3.90. The van der Waals surface area contributed by atoms with E-state index in [9.17, 15) is 18.5 Å². The zero-order valence-electron chi connectivity index (χ0n) is 23.6. The Kier molecular flexibility index (Phi) is 8.29. The Morgan fingerprint density at radius 3 is 2.37 bits per heavy atom. The molecule has 2 aliphatic rings. The average molecular weight is 573 g/mol. The molecule has 9 nitrogen and oxygen atoms in total. The smallest absolute Gasteiger partial charge is 0.254 e. The van der Waals surface area contributed by atoms with Crippen molar-refractivity contribution in [1.82, 2.24) is 9.88 Å². The zero-order chi connectivity index (χ0) is 29.1. The van der Waals surface area contributed by atoms with Crippen molar-refractivity contribution in [3.05, 3.63) is 82.5 Å². The largest absolute Gasteiger partial charge is 0.370 e. The lowest BCUT2D eigenvalue weighted by Gasteiger charge is -2.36. The molecule has 0 radical (unpaired) electrons. The van der Waals surface area contributed by atoms with Gasteiger partial charge in [-0.05, 0) is 86.1 Å². The number of amides is 1. The number of piperazine rings is 1. The number of hydrogen-bond acceptors (Lipinski definition) is 7. The molecule has 0 aliphatic carbocycles. The van der Waals surface area contributed by atoms with Crippen molar-refractivity contribution in [2.45, 2.75) is 38.0 Å². The maximum atomic E-state index is 13.6. The van der Waals surface area contributed by atoms with Crippen LogP contribution in [0.2, 0.25) is 0 Å². The molecule has 0 bridgehead atoms. The lowest BCUT2D eigenvalue weighted by atomic mass is 9.85. The van der Waals surface area contributed by atoms with E-state index in [4.69, 9.17) is 5.14 Å². The van der Waals surface area contributed by atoms with Crippen LogP contribution in [0, 0.1) is 31.1 Å². The number of nitriles is 1. The molecule has 2 aromatic carbocycles. The Morgan fingerprint density at radius 2 is 1.68 bits per heavy atom. The maximum absolute atomic E-state index is 13.6. The molecule has 0 saturated carbocycles. The third-order valence-corrected chi connectivity index (χ3v) is 9.39. The number of nitrogens with two attached hydrogens (primary N) is 1. The monoisotopic (exact) mass is 572 g/mol. The lowest BCUT2D eigenvalue weighted by Crippen LogP contribution is -2.49. The Morgan fingerprint density at radius 1 is 0.976 bits per heavy atom. The number of benzene rings is 2. The van der Waals surface area contributed by atoms with E-state index in [0.29, 0.717) is 37.9 Å². The number of sulfonamides is 1. The van der Waals surface area contributed by atoms with E-state index < -0.39 is 10.0 Å². The van der Waals surface area contributed by atoms with Crippen LogP contribution in [0.3, 0.4) is 0 Å². The second-order valence-corrected chi connectivity index (χ2v) is 12.5. The second kappa shape index (κ2) is 11.9. The van der Waals surface area contributed by atoms with Crippen molar-refractivity contribution in [3.8, 4) is 6.07 Å². The predicted octanol–water partition coefficient (Wildman–Crippen LogP) is 3.64. The number of para-hydroxylation sites is 1. The Labute approximate surface area is 242 Å². The van der Waals surface area contributed by atoms with Gasteiger partial charge in [-0.3, -0.25) is 4.79 Å². The van der Waals surface area contributed by atoms with Gasteiger partial charge in [0.2, 0.25) is 10.0 Å². The van der Waals surface area contributed by atoms with Gasteiger partial charge in [-0.15, -0.1) is 0 Å². The number of piperidine rings is 1. The average Bonchev–Trinajstić information content (AvgIpc) is 2.99. The van der Waals surface area contributed by atoms with E-state index in [-0.39, 0.29) is 10.8 Å². The number of carbonyl (C=O) groups excluding carboxylic acids is 1. The van der Waals surface area contributed by atoms with Crippen LogP contribution in [0.15, 0.2) is 59.6 Å². The van der Waals surface area contributed by atoms with Gasteiger partial charge in [0.15, 0.2) is 0 Å². The second-order valence-electron chi connectivity index (χ2n) is 10.9. The summed E-state index contributed by atoms with van der Waals surface area (Å²) in [7, 11) is -3.90. The normalized spacial score (nSPS) is 16.5. The van der Waals surface area contributed by atoms with Gasteiger partial charge in [0.1, 0.15) is 16.8 Å². The van der Waals surface area contributed by atoms with Crippen molar-refractivity contribution in [2.24, 2.45) is 11.1 Å². The molecule has 214 valence electrons. The summed E-state index contributed by atoms with van der Waals surface area (Å²) in [6, 6.07) is 17.1. The van der Waals surface area contributed by atoms with Crippen molar-refractivity contribution in [3.63, 3.8) is 0 Å². The highest BCUT2D eigenvalue weighted by Gasteiger charge is 2.28. The summed E-state index contributed by atoms with van der Waals surface area (Å²) in [5, 5.41) is 14.9. The van der Waals surface area contributed by atoms with Crippen LogP contribution in [-0.4, -0.2) is 63.5 Å². The molecule has 2 saturated heterocycles. The topological polar surface area (TPSA) is 124 Å². The first-order valence-corrected chi connectivity index (χ1v) is 15.6. The first kappa shape index (κ1) is 28.6. The highest BCUT2D eigenvalue weighted by molar-refractivity contribution is 7.89. The third-order valence-electron chi connectivity index (χ3n) is 8.46. The number of aromatic nitrogens is 1. The number of anilines is 2. The van der Waals surface area contributed by atoms with E-state index in [1.54, 1.807) is 12.3 Å². The minimum Gasteiger partial charge on any atom is -0.370 e. The van der Waals surface area contributed by atoms with Gasteiger partial charge >= 0.3 is 0 Å². The molecule has 2 N–H and O–H groups in total. The zero-order valence-corrected chi connectivity index (χ0v) is 24.4. The quantitative estimate of drug-likeness (QED) is 0.478. The fourth-order valence-electron chi connectivity index (χ4n) is 6.08. The number of carbonyl (C=O) groups is 1. The summed E-state index contributed by atoms with van der Waals surface area (Å²) in [4.78, 5) is 23.9. The van der Waals surface area contributed by atoms with Gasteiger partial charge in [-0.1, -0.05) is 18.2 Å². The number of pyridine rings is 1. The third kappa shape index (κ3) is 6.06. The van der Waals surface area contributed by atoms with Crippen LogP contribution in [0.5, 0.6) is 0 Å². The molecule has 0 unspecified atom stereocenters. The number of aryl methyl sites for hydroxylation is 1. The highest BCUT2D eigenvalue weighted by Crippen LogP contribution is 2.31. The van der Waals surface area contributed by atoms with E-state index in [1.165, 1.54) is 17.2 Å². The maximum Gasteiger partial charge on any atom is 0.254 e. The molecule has 0 atom stereocenters. The molecule has 3 aromatic rings. The summed E-state index contributed by atoms with van der Waals surface area (Å²) in [6.07, 6.45) is 4.55. The van der Waals surface area contributed by atoms with E-state index in [0.717, 1.165) is 54.7 Å². The number of primary sulfonamides is 1. The van der Waals surface area contributed by atoms with Gasteiger partial charge in [-0.2, -0.15) is 5.26 Å². The Bertz CT molecular complexity index is 1580. The van der Waals surface area contributed by atoms with Crippen molar-refractivity contribution >= 4 is 27.4 Å². The number of nitrogens with zero attached hydrogens (tertiary/aromatic N) is 5. The first-order chi connectivity index (χ1) is 19.7. The summed E-state index contributed by atoms with van der Waals surface area (Å²) in [6.45, 7) is 7.85. The van der Waals surface area contributed by atoms with Crippen molar-refractivity contribution in [2.75, 3.05) is 49.1 Å². The Hall–Kier alpha value is -3.94. The van der Waals surface area contributed by atoms with Gasteiger partial charge in [-0.25, -0.2) is 18.5 Å². The first-order valence-electron chi connectivity index (χ1n) is 14.0. The molecular formula is C31H36N6O3S. The van der Waals surface area contributed by atoms with Crippen LogP contribution in [-0.2, 0) is 16.4 Å². The van der Waals surface area contributed by atoms with Crippen LogP contribution in [0.25, 0.3) is 0 Å². The van der Waals surface area contributed by atoms with Crippen LogP contribution in [0.4, 0.5) is 11.5 Å². The lowest BCUT2D eigenvalue weighted by molar-refractivity contribution is 0.0745. The summed E-state index contributed by atoms with van der Waals surface area (Å²) < 4.78 is 24.1. The fraction of sp³-hybridized carbons (Fsp3) is 0.387. The van der Waals surface area contributed by atoms with E-state index >= 15 is 0 Å². The minimum absolute atomic E-state index is 0.000907. The van der Waals surface area contributed by atoms with Gasteiger partial charge < -0.3 is 14.7 Å². The van der Waals surface area contributed by atoms with Gasteiger partial charge in [0.05, 0.1) is 11.3 Å². The fourth-order valence-corrected chi connectivity index (χ4v) is 6.79. The SMILES string of the molecule is Cc1ccc(C(=O)N2CCN(c3ncccc3S(N)(=O)=O)CC2)c(C)c1CC1CCN(c2ccccc2C#N)CC1. The van der Waals surface area contributed by atoms with Gasteiger partial charge in [0, 0.05) is 51.0 Å². The van der Waals surface area contributed by atoms with Crippen LogP contribution < -0.4 is 14.9 Å².